The van der Waals surface area contributed by atoms with Gasteiger partial charge in [0, 0.05) is 0 Å². The van der Waals surface area contributed by atoms with Crippen LogP contribution in [0.25, 0.3) is 0 Å². The molecule has 0 saturated heterocycles. The number of rotatable bonds is 11. The van der Waals surface area contributed by atoms with E-state index >= 15 is 0 Å². The van der Waals surface area contributed by atoms with Gasteiger partial charge in [-0.3, -0.25) is 9.59 Å². The number of ketones is 1. The molecule has 0 aromatic heterocycles. The van der Waals surface area contributed by atoms with Crippen LogP contribution in [0.3, 0.4) is 0 Å². The molecule has 1 unspecified atom stereocenters. The summed E-state index contributed by atoms with van der Waals surface area (Å²) in [7, 11) is -1.87. The van der Waals surface area contributed by atoms with E-state index in [0.29, 0.717) is 13.0 Å². The van der Waals surface area contributed by atoms with Crippen molar-refractivity contribution in [1.82, 2.24) is 0 Å². The van der Waals surface area contributed by atoms with Gasteiger partial charge in [-0.15, -0.1) is 0 Å². The summed E-state index contributed by atoms with van der Waals surface area (Å²) in [6.07, 6.45) is 3.25. The van der Waals surface area contributed by atoms with Crippen LogP contribution in [0.2, 0.25) is 0 Å². The first-order valence-corrected chi connectivity index (χ1v) is 13.3. The highest BCUT2D eigenvalue weighted by Gasteiger charge is 2.44. The molecule has 166 valence electrons. The molecule has 32 heavy (non-hydrogen) atoms. The smallest absolute Gasteiger partial charge is 0.316 e. The standard InChI is InChI=1S/C28H32O3P/c1-3-31-28(30)27(23(2)29)21-13-14-22-32(24-15-7-4-8-16-24,25-17-9-5-10-18-25)26-19-11-6-12-20-26/h4-12,15-20,27H,3,13-14,21-22H2,1-2H3/q+1. The summed E-state index contributed by atoms with van der Waals surface area (Å²) in [4.78, 5) is 24.2. The van der Waals surface area contributed by atoms with Crippen molar-refractivity contribution in [3.63, 3.8) is 0 Å². The average Bonchev–Trinajstić information content (AvgIpc) is 2.83. The van der Waals surface area contributed by atoms with Crippen LogP contribution in [-0.4, -0.2) is 24.5 Å². The fourth-order valence-electron chi connectivity index (χ4n) is 4.31. The predicted molar refractivity (Wildman–Crippen MR) is 135 cm³/mol. The molecule has 0 heterocycles. The lowest BCUT2D eigenvalue weighted by atomic mass is 9.98. The van der Waals surface area contributed by atoms with Crippen molar-refractivity contribution in [3.8, 4) is 0 Å². The lowest BCUT2D eigenvalue weighted by Gasteiger charge is -2.28. The molecule has 0 aliphatic heterocycles. The van der Waals surface area contributed by atoms with Gasteiger partial charge in [0.25, 0.3) is 0 Å². The Hall–Kier alpha value is -2.77. The second-order valence-corrected chi connectivity index (χ2v) is 11.6. The van der Waals surface area contributed by atoms with Gasteiger partial charge in [-0.25, -0.2) is 0 Å². The molecule has 0 N–H and O–H groups in total. The van der Waals surface area contributed by atoms with Crippen LogP contribution >= 0.6 is 7.26 Å². The molecular formula is C28H32O3P+. The Morgan fingerprint density at radius 2 is 1.19 bits per heavy atom. The lowest BCUT2D eigenvalue weighted by Crippen LogP contribution is -2.33. The third-order valence-corrected chi connectivity index (χ3v) is 10.4. The number of benzene rings is 3. The van der Waals surface area contributed by atoms with Crippen LogP contribution < -0.4 is 15.9 Å². The molecule has 0 bridgehead atoms. The first kappa shape index (κ1) is 23.9. The number of carbonyl (C=O) groups excluding carboxylic acids is 2. The van der Waals surface area contributed by atoms with Crippen LogP contribution in [0, 0.1) is 5.92 Å². The monoisotopic (exact) mass is 447 g/mol. The fourth-order valence-corrected chi connectivity index (χ4v) is 8.72. The van der Waals surface area contributed by atoms with E-state index in [1.54, 1.807) is 6.92 Å². The Morgan fingerprint density at radius 1 is 0.750 bits per heavy atom. The Kier molecular flexibility index (Phi) is 8.76. The van der Waals surface area contributed by atoms with E-state index < -0.39 is 19.1 Å². The van der Waals surface area contributed by atoms with Crippen LogP contribution in [0.1, 0.15) is 33.1 Å². The molecule has 0 saturated carbocycles. The second-order valence-electron chi connectivity index (χ2n) is 7.95. The minimum Gasteiger partial charge on any atom is -0.465 e. The molecule has 3 rings (SSSR count). The van der Waals surface area contributed by atoms with E-state index in [1.165, 1.54) is 22.8 Å². The van der Waals surface area contributed by atoms with Gasteiger partial charge < -0.3 is 4.74 Å². The number of hydrogen-bond donors (Lipinski definition) is 0. The van der Waals surface area contributed by atoms with Crippen molar-refractivity contribution in [3.05, 3.63) is 91.0 Å². The Morgan fingerprint density at radius 3 is 1.56 bits per heavy atom. The average molecular weight is 448 g/mol. The lowest BCUT2D eigenvalue weighted by molar-refractivity contribution is -0.151. The molecule has 0 aliphatic rings. The minimum absolute atomic E-state index is 0.112. The Labute approximate surface area is 192 Å². The molecule has 3 aromatic rings. The highest BCUT2D eigenvalue weighted by atomic mass is 31.2. The van der Waals surface area contributed by atoms with E-state index in [2.05, 4.69) is 91.0 Å². The molecule has 4 heteroatoms. The van der Waals surface area contributed by atoms with Crippen molar-refractivity contribution in [1.29, 1.82) is 0 Å². The number of hydrogen-bond acceptors (Lipinski definition) is 3. The molecule has 1 atom stereocenters. The summed E-state index contributed by atoms with van der Waals surface area (Å²) in [5.74, 6) is -1.17. The third kappa shape index (κ3) is 5.53. The number of carbonyl (C=O) groups is 2. The van der Waals surface area contributed by atoms with Crippen LogP contribution in [-0.2, 0) is 14.3 Å². The zero-order valence-electron chi connectivity index (χ0n) is 18.9. The summed E-state index contributed by atoms with van der Waals surface area (Å²) >= 11 is 0. The van der Waals surface area contributed by atoms with Crippen molar-refractivity contribution < 1.29 is 14.3 Å². The van der Waals surface area contributed by atoms with Crippen LogP contribution in [0.5, 0.6) is 0 Å². The maximum absolute atomic E-state index is 12.2. The van der Waals surface area contributed by atoms with Crippen LogP contribution in [0.15, 0.2) is 91.0 Å². The summed E-state index contributed by atoms with van der Waals surface area (Å²) < 4.78 is 5.12. The van der Waals surface area contributed by atoms with Gasteiger partial charge in [0.2, 0.25) is 0 Å². The number of Topliss-reactive ketones (excluding diaryl/α,β-unsaturated/α-hetero) is 1. The largest absolute Gasteiger partial charge is 0.465 e. The van der Waals surface area contributed by atoms with Gasteiger partial charge in [0.15, 0.2) is 0 Å². The predicted octanol–water partition coefficient (Wildman–Crippen LogP) is 4.92. The molecule has 0 radical (unpaired) electrons. The topological polar surface area (TPSA) is 43.4 Å². The highest BCUT2D eigenvalue weighted by Crippen LogP contribution is 2.56. The van der Waals surface area contributed by atoms with Gasteiger partial charge in [-0.05, 0) is 69.5 Å². The molecule has 0 aliphatic carbocycles. The van der Waals surface area contributed by atoms with Crippen molar-refractivity contribution in [2.75, 3.05) is 12.8 Å². The molecule has 3 aromatic carbocycles. The Balaban J connectivity index is 1.92. The SMILES string of the molecule is CCOC(=O)C(CCCC[P+](c1ccccc1)(c1ccccc1)c1ccccc1)C(C)=O. The van der Waals surface area contributed by atoms with Crippen molar-refractivity contribution in [2.45, 2.75) is 33.1 Å². The maximum Gasteiger partial charge on any atom is 0.316 e. The van der Waals surface area contributed by atoms with E-state index in [9.17, 15) is 9.59 Å². The molecule has 0 spiro atoms. The van der Waals surface area contributed by atoms with E-state index in [4.69, 9.17) is 4.74 Å². The van der Waals surface area contributed by atoms with Gasteiger partial charge in [0.05, 0.1) is 12.8 Å². The van der Waals surface area contributed by atoms with Crippen LogP contribution in [0.4, 0.5) is 0 Å². The molecule has 3 nitrogen and oxygen atoms in total. The maximum atomic E-state index is 12.2. The number of ether oxygens (including phenoxy) is 1. The first-order chi connectivity index (χ1) is 15.6. The zero-order valence-corrected chi connectivity index (χ0v) is 19.8. The zero-order chi connectivity index (χ0) is 22.8. The number of esters is 1. The summed E-state index contributed by atoms with van der Waals surface area (Å²) in [6, 6.07) is 32.3. The van der Waals surface area contributed by atoms with Crippen molar-refractivity contribution >= 4 is 34.9 Å². The fraction of sp³-hybridized carbons (Fsp3) is 0.286. The van der Waals surface area contributed by atoms with Gasteiger partial charge in [0.1, 0.15) is 34.9 Å². The van der Waals surface area contributed by atoms with Gasteiger partial charge in [-0.1, -0.05) is 54.6 Å². The van der Waals surface area contributed by atoms with Gasteiger partial charge in [-0.2, -0.15) is 0 Å². The molecule has 0 fully saturated rings. The molecular weight excluding hydrogens is 415 g/mol. The number of unbranched alkanes of at least 4 members (excludes halogenated alkanes) is 1. The first-order valence-electron chi connectivity index (χ1n) is 11.3. The van der Waals surface area contributed by atoms with E-state index in [-0.39, 0.29) is 5.78 Å². The summed E-state index contributed by atoms with van der Waals surface area (Å²) in [6.45, 7) is 3.55. The third-order valence-electron chi connectivity index (χ3n) is 5.89. The molecule has 0 amide bonds. The van der Waals surface area contributed by atoms with Gasteiger partial charge >= 0.3 is 5.97 Å². The minimum atomic E-state index is -1.87. The van der Waals surface area contributed by atoms with E-state index in [1.807, 2.05) is 0 Å². The second kappa shape index (κ2) is 11.7. The Bertz CT molecular complexity index is 890. The normalized spacial score (nSPS) is 12.2. The quantitative estimate of drug-likeness (QED) is 0.181. The highest BCUT2D eigenvalue weighted by molar-refractivity contribution is 7.95. The summed E-state index contributed by atoms with van der Waals surface area (Å²) in [5, 5.41) is 4.06. The summed E-state index contributed by atoms with van der Waals surface area (Å²) in [5.41, 5.74) is 0. The van der Waals surface area contributed by atoms with E-state index in [0.717, 1.165) is 19.0 Å². The van der Waals surface area contributed by atoms with Crippen molar-refractivity contribution in [2.24, 2.45) is 5.92 Å².